The van der Waals surface area contributed by atoms with Crippen molar-refractivity contribution in [1.82, 2.24) is 4.98 Å². The molecule has 3 aromatic rings. The van der Waals surface area contributed by atoms with E-state index in [0.717, 1.165) is 23.8 Å². The fraction of sp³-hybridized carbons (Fsp3) is 0.300. The molecule has 1 unspecified atom stereocenters. The quantitative estimate of drug-likeness (QED) is 0.661. The summed E-state index contributed by atoms with van der Waals surface area (Å²) in [7, 11) is 0. The molecule has 1 aliphatic carbocycles. The van der Waals surface area contributed by atoms with Crippen LogP contribution in [0.25, 0.3) is 11.0 Å². The number of hydrogen-bond donors (Lipinski definition) is 0. The van der Waals surface area contributed by atoms with Gasteiger partial charge in [0, 0.05) is 23.3 Å². The van der Waals surface area contributed by atoms with E-state index in [-0.39, 0.29) is 12.1 Å². The second-order valence-corrected chi connectivity index (χ2v) is 6.13. The van der Waals surface area contributed by atoms with Crippen LogP contribution in [-0.4, -0.2) is 17.6 Å². The normalized spacial score (nSPS) is 16.0. The highest BCUT2D eigenvalue weighted by atomic mass is 16.5. The number of carbonyl (C=O) groups is 1. The number of rotatable bonds is 4. The van der Waals surface area contributed by atoms with Gasteiger partial charge in [-0.25, -0.2) is 4.79 Å². The van der Waals surface area contributed by atoms with Gasteiger partial charge in [0.05, 0.1) is 6.61 Å². The van der Waals surface area contributed by atoms with Crippen molar-refractivity contribution in [1.29, 1.82) is 0 Å². The highest BCUT2D eigenvalue weighted by Crippen LogP contribution is 2.36. The van der Waals surface area contributed by atoms with Crippen LogP contribution in [0, 0.1) is 6.92 Å². The number of ether oxygens (including phenoxy) is 2. The van der Waals surface area contributed by atoms with Gasteiger partial charge < -0.3 is 13.9 Å². The van der Waals surface area contributed by atoms with Crippen LogP contribution in [0.4, 0.5) is 0 Å². The number of pyridine rings is 1. The second kappa shape index (κ2) is 6.24. The molecule has 5 heteroatoms. The predicted octanol–water partition coefficient (Wildman–Crippen LogP) is 4.38. The van der Waals surface area contributed by atoms with Crippen molar-refractivity contribution in [2.75, 3.05) is 6.61 Å². The largest absolute Gasteiger partial charge is 0.486 e. The van der Waals surface area contributed by atoms with Crippen molar-refractivity contribution in [2.24, 2.45) is 0 Å². The van der Waals surface area contributed by atoms with Crippen LogP contribution in [-0.2, 0) is 11.2 Å². The molecule has 4 rings (SSSR count). The topological polar surface area (TPSA) is 61.6 Å². The molecule has 2 heterocycles. The maximum Gasteiger partial charge on any atom is 0.342 e. The zero-order valence-electron chi connectivity index (χ0n) is 14.2. The Kier molecular flexibility index (Phi) is 3.92. The lowest BCUT2D eigenvalue weighted by molar-refractivity contribution is 0.0526. The van der Waals surface area contributed by atoms with E-state index in [0.29, 0.717) is 29.3 Å². The van der Waals surface area contributed by atoms with E-state index in [1.54, 1.807) is 13.8 Å². The minimum atomic E-state index is -0.369. The van der Waals surface area contributed by atoms with Crippen LogP contribution in [0.15, 0.2) is 41.1 Å². The molecule has 0 aliphatic heterocycles. The van der Waals surface area contributed by atoms with Crippen LogP contribution in [0.1, 0.15) is 46.7 Å². The molecule has 1 atom stereocenters. The maximum absolute atomic E-state index is 12.2. The number of benzene rings is 1. The van der Waals surface area contributed by atoms with Gasteiger partial charge >= 0.3 is 5.97 Å². The van der Waals surface area contributed by atoms with Gasteiger partial charge in [-0.05, 0) is 56.5 Å². The van der Waals surface area contributed by atoms with Gasteiger partial charge in [-0.1, -0.05) is 0 Å². The fourth-order valence-electron chi connectivity index (χ4n) is 3.41. The summed E-state index contributed by atoms with van der Waals surface area (Å²) in [6, 6.07) is 7.60. The van der Waals surface area contributed by atoms with Crippen molar-refractivity contribution in [3.8, 4) is 5.75 Å². The Labute approximate surface area is 145 Å². The zero-order chi connectivity index (χ0) is 17.4. The molecule has 5 nitrogen and oxygen atoms in total. The van der Waals surface area contributed by atoms with Crippen LogP contribution < -0.4 is 4.74 Å². The third-order valence-electron chi connectivity index (χ3n) is 4.56. The number of furan rings is 1. The third-order valence-corrected chi connectivity index (χ3v) is 4.56. The Morgan fingerprint density at radius 2 is 2.24 bits per heavy atom. The molecule has 1 aromatic carbocycles. The molecule has 25 heavy (non-hydrogen) atoms. The number of aryl methyl sites for hydroxylation is 2. The Morgan fingerprint density at radius 3 is 3.08 bits per heavy atom. The van der Waals surface area contributed by atoms with Crippen LogP contribution in [0.3, 0.4) is 0 Å². The first-order valence-corrected chi connectivity index (χ1v) is 8.47. The predicted molar refractivity (Wildman–Crippen MR) is 92.8 cm³/mol. The molecule has 0 spiro atoms. The first-order chi connectivity index (χ1) is 12.2. The summed E-state index contributed by atoms with van der Waals surface area (Å²) in [4.78, 5) is 16.4. The summed E-state index contributed by atoms with van der Waals surface area (Å²) in [6.07, 6.45) is 5.59. The third kappa shape index (κ3) is 2.76. The summed E-state index contributed by atoms with van der Waals surface area (Å²) in [6.45, 7) is 3.88. The number of hydrogen-bond acceptors (Lipinski definition) is 5. The minimum Gasteiger partial charge on any atom is -0.486 e. The Balaban J connectivity index is 1.68. The highest BCUT2D eigenvalue weighted by molar-refractivity contribution is 6.04. The lowest BCUT2D eigenvalue weighted by Gasteiger charge is -2.14. The number of esters is 1. The summed E-state index contributed by atoms with van der Waals surface area (Å²) in [5, 5.41) is 0.720. The first kappa shape index (κ1) is 15.7. The Hall–Kier alpha value is -2.82. The van der Waals surface area contributed by atoms with Gasteiger partial charge in [-0.3, -0.25) is 4.98 Å². The smallest absolute Gasteiger partial charge is 0.342 e. The molecule has 0 amide bonds. The SMILES string of the molecule is CCOC(=O)c1c(C)oc2ccc(OC3CCc4ccncc43)cc12. The molecule has 0 radical (unpaired) electrons. The lowest BCUT2D eigenvalue weighted by atomic mass is 10.1. The van der Waals surface area contributed by atoms with Crippen LogP contribution in [0.5, 0.6) is 5.75 Å². The molecule has 0 saturated carbocycles. The van der Waals surface area contributed by atoms with E-state index in [1.165, 1.54) is 5.56 Å². The van der Waals surface area contributed by atoms with E-state index in [9.17, 15) is 4.79 Å². The molecule has 1 aliphatic rings. The number of carbonyl (C=O) groups excluding carboxylic acids is 1. The van der Waals surface area contributed by atoms with Crippen LogP contribution >= 0.6 is 0 Å². The molecule has 128 valence electrons. The molecule has 0 N–H and O–H groups in total. The number of aromatic nitrogens is 1. The van der Waals surface area contributed by atoms with Gasteiger partial charge in [0.15, 0.2) is 0 Å². The van der Waals surface area contributed by atoms with E-state index in [1.807, 2.05) is 36.7 Å². The molecule has 0 bridgehead atoms. The van der Waals surface area contributed by atoms with E-state index < -0.39 is 0 Å². The van der Waals surface area contributed by atoms with Crippen LogP contribution in [0.2, 0.25) is 0 Å². The van der Waals surface area contributed by atoms with Crippen molar-refractivity contribution in [3.63, 3.8) is 0 Å². The summed E-state index contributed by atoms with van der Waals surface area (Å²) in [5.74, 6) is 0.896. The zero-order valence-corrected chi connectivity index (χ0v) is 14.2. The van der Waals surface area contributed by atoms with Gasteiger partial charge in [-0.2, -0.15) is 0 Å². The molecule has 0 fully saturated rings. The van der Waals surface area contributed by atoms with Gasteiger partial charge in [0.1, 0.15) is 28.8 Å². The van der Waals surface area contributed by atoms with Crippen molar-refractivity contribution in [2.45, 2.75) is 32.8 Å². The second-order valence-electron chi connectivity index (χ2n) is 6.13. The fourth-order valence-corrected chi connectivity index (χ4v) is 3.41. The van der Waals surface area contributed by atoms with Crippen molar-refractivity contribution >= 4 is 16.9 Å². The number of nitrogens with zero attached hydrogens (tertiary/aromatic N) is 1. The van der Waals surface area contributed by atoms with Gasteiger partial charge in [0.25, 0.3) is 0 Å². The van der Waals surface area contributed by atoms with E-state index in [4.69, 9.17) is 13.9 Å². The highest BCUT2D eigenvalue weighted by Gasteiger charge is 2.25. The molecule has 2 aromatic heterocycles. The van der Waals surface area contributed by atoms with Gasteiger partial charge in [-0.15, -0.1) is 0 Å². The molecular formula is C20H19NO4. The van der Waals surface area contributed by atoms with Crippen molar-refractivity contribution in [3.05, 3.63) is 59.1 Å². The average Bonchev–Trinajstić information content (AvgIpc) is 3.15. The van der Waals surface area contributed by atoms with E-state index >= 15 is 0 Å². The Morgan fingerprint density at radius 1 is 1.36 bits per heavy atom. The first-order valence-electron chi connectivity index (χ1n) is 8.47. The van der Waals surface area contributed by atoms with Gasteiger partial charge in [0.2, 0.25) is 0 Å². The number of fused-ring (bicyclic) bond motifs is 2. The van der Waals surface area contributed by atoms with E-state index in [2.05, 4.69) is 4.98 Å². The Bertz CT molecular complexity index is 944. The maximum atomic E-state index is 12.2. The minimum absolute atomic E-state index is 0.0137. The van der Waals surface area contributed by atoms with Crippen molar-refractivity contribution < 1.29 is 18.7 Å². The average molecular weight is 337 g/mol. The molecule has 0 saturated heterocycles. The molecular weight excluding hydrogens is 318 g/mol. The summed E-state index contributed by atoms with van der Waals surface area (Å²) in [5.41, 5.74) is 3.54. The summed E-state index contributed by atoms with van der Waals surface area (Å²) < 4.78 is 17.0. The summed E-state index contributed by atoms with van der Waals surface area (Å²) >= 11 is 0. The monoisotopic (exact) mass is 337 g/mol. The standard InChI is InChI=1S/C20H19NO4/c1-3-23-20(22)19-12(2)24-17-7-5-14(10-15(17)19)25-18-6-4-13-8-9-21-11-16(13)18/h5,7-11,18H,3-4,6H2,1-2H3. The lowest BCUT2D eigenvalue weighted by Crippen LogP contribution is -2.06.